The molecule has 10 heteroatoms. The van der Waals surface area contributed by atoms with E-state index < -0.39 is 38.2 Å². The Kier molecular flexibility index (Phi) is 5.99. The zero-order valence-electron chi connectivity index (χ0n) is 11.7. The monoisotopic (exact) mass is 328 g/mol. The fraction of sp³-hybridized carbons (Fsp3) is 0.333. The first-order chi connectivity index (χ1) is 10.3. The second kappa shape index (κ2) is 7.50. The van der Waals surface area contributed by atoms with E-state index in [0.717, 1.165) is 25.1 Å². The quantitative estimate of drug-likeness (QED) is 0.244. The van der Waals surface area contributed by atoms with E-state index in [4.69, 9.17) is 4.74 Å². The van der Waals surface area contributed by atoms with Gasteiger partial charge in [-0.05, 0) is 19.9 Å². The second-order valence-electron chi connectivity index (χ2n) is 4.03. The normalized spacial score (nSPS) is 11.5. The molecule has 1 aromatic rings. The van der Waals surface area contributed by atoms with Crippen LogP contribution in [0.15, 0.2) is 23.1 Å². The Morgan fingerprint density at radius 3 is 2.36 bits per heavy atom. The largest absolute Gasteiger partial charge is 0.465 e. The van der Waals surface area contributed by atoms with Gasteiger partial charge in [0, 0.05) is 6.07 Å². The van der Waals surface area contributed by atoms with E-state index in [9.17, 15) is 29.8 Å². The van der Waals surface area contributed by atoms with Crippen LogP contribution >= 0.6 is 11.8 Å². The van der Waals surface area contributed by atoms with Gasteiger partial charge in [0.05, 0.1) is 27.4 Å². The summed E-state index contributed by atoms with van der Waals surface area (Å²) in [6.07, 6.45) is 0. The van der Waals surface area contributed by atoms with Crippen molar-refractivity contribution < 1.29 is 24.2 Å². The van der Waals surface area contributed by atoms with Gasteiger partial charge in [0.1, 0.15) is 0 Å². The molecule has 0 aliphatic rings. The number of benzene rings is 1. The predicted molar refractivity (Wildman–Crippen MR) is 76.7 cm³/mol. The maximum atomic E-state index is 11.7. The molecule has 0 fully saturated rings. The van der Waals surface area contributed by atoms with Crippen molar-refractivity contribution in [2.75, 3.05) is 6.61 Å². The molecule has 0 aliphatic heterocycles. The van der Waals surface area contributed by atoms with Gasteiger partial charge in [-0.3, -0.25) is 29.8 Å². The van der Waals surface area contributed by atoms with Crippen LogP contribution in [-0.4, -0.2) is 33.5 Å². The molecule has 0 saturated carbocycles. The minimum absolute atomic E-state index is 0.0242. The zero-order valence-corrected chi connectivity index (χ0v) is 12.5. The van der Waals surface area contributed by atoms with E-state index in [1.165, 1.54) is 0 Å². The molecule has 0 bridgehead atoms. The van der Waals surface area contributed by atoms with Crippen molar-refractivity contribution in [3.63, 3.8) is 0 Å². The molecule has 0 aromatic heterocycles. The molecule has 0 heterocycles. The van der Waals surface area contributed by atoms with E-state index >= 15 is 0 Å². The smallest absolute Gasteiger partial charge is 0.327 e. The highest BCUT2D eigenvalue weighted by Gasteiger charge is 2.30. The molecule has 1 atom stereocenters. The van der Waals surface area contributed by atoms with Crippen LogP contribution in [0.4, 0.5) is 11.4 Å². The molecule has 0 spiro atoms. The Morgan fingerprint density at radius 1 is 1.27 bits per heavy atom. The van der Waals surface area contributed by atoms with Crippen LogP contribution in [0.25, 0.3) is 0 Å². The summed E-state index contributed by atoms with van der Waals surface area (Å²) >= 11 is 0.632. The first kappa shape index (κ1) is 17.6. The van der Waals surface area contributed by atoms with E-state index in [0.29, 0.717) is 11.8 Å². The highest BCUT2D eigenvalue weighted by Crippen LogP contribution is 2.35. The molecule has 9 nitrogen and oxygen atoms in total. The predicted octanol–water partition coefficient (Wildman–Crippen LogP) is 2.12. The molecule has 22 heavy (non-hydrogen) atoms. The Hall–Kier alpha value is -2.49. The number of rotatable bonds is 7. The topological polar surface area (TPSA) is 130 Å². The summed E-state index contributed by atoms with van der Waals surface area (Å²) in [4.78, 5) is 43.3. The molecule has 1 unspecified atom stereocenters. The number of ketones is 1. The van der Waals surface area contributed by atoms with Crippen molar-refractivity contribution in [1.82, 2.24) is 0 Å². The number of non-ortho nitro benzene ring substituents is 1. The first-order valence-electron chi connectivity index (χ1n) is 6.04. The number of esters is 1. The lowest BCUT2D eigenvalue weighted by Gasteiger charge is -2.12. The Labute approximate surface area is 128 Å². The van der Waals surface area contributed by atoms with Gasteiger partial charge >= 0.3 is 5.97 Å². The summed E-state index contributed by atoms with van der Waals surface area (Å²) in [5, 5.41) is 20.4. The van der Waals surface area contributed by atoms with E-state index in [1.54, 1.807) is 6.92 Å². The highest BCUT2D eigenvalue weighted by atomic mass is 32.2. The van der Waals surface area contributed by atoms with Crippen LogP contribution in [0.3, 0.4) is 0 Å². The Balaban J connectivity index is 3.19. The van der Waals surface area contributed by atoms with Crippen LogP contribution < -0.4 is 0 Å². The maximum absolute atomic E-state index is 11.7. The number of nitro benzene ring substituents is 2. The van der Waals surface area contributed by atoms with E-state index in [2.05, 4.69) is 0 Å². The van der Waals surface area contributed by atoms with Gasteiger partial charge in [0.15, 0.2) is 11.0 Å². The molecule has 0 N–H and O–H groups in total. The molecule has 1 rings (SSSR count). The summed E-state index contributed by atoms with van der Waals surface area (Å²) in [7, 11) is 0. The fourth-order valence-corrected chi connectivity index (χ4v) is 2.49. The number of Topliss-reactive ketones (excluding diaryl/α,β-unsaturated/α-hetero) is 1. The van der Waals surface area contributed by atoms with Gasteiger partial charge in [-0.15, -0.1) is 0 Å². The summed E-state index contributed by atoms with van der Waals surface area (Å²) < 4.78 is 4.74. The van der Waals surface area contributed by atoms with Gasteiger partial charge < -0.3 is 4.74 Å². The maximum Gasteiger partial charge on any atom is 0.327 e. The number of ether oxygens (including phenoxy) is 1. The van der Waals surface area contributed by atoms with Crippen molar-refractivity contribution in [2.24, 2.45) is 0 Å². The van der Waals surface area contributed by atoms with Crippen molar-refractivity contribution >= 4 is 34.9 Å². The molecule has 0 radical (unpaired) electrons. The van der Waals surface area contributed by atoms with Gasteiger partial charge in [-0.1, -0.05) is 11.8 Å². The number of hydrogen-bond donors (Lipinski definition) is 0. The van der Waals surface area contributed by atoms with Crippen molar-refractivity contribution in [3.05, 3.63) is 38.4 Å². The number of nitro groups is 2. The first-order valence-corrected chi connectivity index (χ1v) is 6.92. The molecule has 0 saturated heterocycles. The molecule has 0 aliphatic carbocycles. The zero-order chi connectivity index (χ0) is 16.9. The van der Waals surface area contributed by atoms with Gasteiger partial charge in [-0.2, -0.15) is 0 Å². The Bertz CT molecular complexity index is 632. The third kappa shape index (κ3) is 4.25. The summed E-state index contributed by atoms with van der Waals surface area (Å²) in [5.74, 6) is -1.34. The number of thioether (sulfide) groups is 1. The minimum atomic E-state index is -1.26. The number of carbonyl (C=O) groups excluding carboxylic acids is 2. The molecular formula is C12H12N2O7S. The SMILES string of the molecule is CCOC(=O)C(Sc1ccc([N+](=O)[O-])cc1[N+](=O)[O-])C(C)=O. The fourth-order valence-electron chi connectivity index (χ4n) is 1.50. The van der Waals surface area contributed by atoms with Crippen LogP contribution in [0.5, 0.6) is 0 Å². The highest BCUT2D eigenvalue weighted by molar-refractivity contribution is 8.01. The standard InChI is InChI=1S/C12H12N2O7S/c1-3-21-12(16)11(7(2)15)22-10-5-4-8(13(17)18)6-9(10)14(19)20/h4-6,11H,3H2,1-2H3. The summed E-state index contributed by atoms with van der Waals surface area (Å²) in [5.41, 5.74) is -0.999. The lowest BCUT2D eigenvalue weighted by molar-refractivity contribution is -0.396. The van der Waals surface area contributed by atoms with Crippen molar-refractivity contribution in [2.45, 2.75) is 24.0 Å². The minimum Gasteiger partial charge on any atom is -0.465 e. The third-order valence-electron chi connectivity index (χ3n) is 2.46. The van der Waals surface area contributed by atoms with Gasteiger partial charge in [0.25, 0.3) is 11.4 Å². The Morgan fingerprint density at radius 2 is 1.91 bits per heavy atom. The van der Waals surface area contributed by atoms with Crippen LogP contribution in [-0.2, 0) is 14.3 Å². The van der Waals surface area contributed by atoms with Crippen LogP contribution in [0.2, 0.25) is 0 Å². The summed E-state index contributed by atoms with van der Waals surface area (Å²) in [6.45, 7) is 2.78. The average Bonchev–Trinajstić information content (AvgIpc) is 2.44. The lowest BCUT2D eigenvalue weighted by Crippen LogP contribution is -2.27. The number of nitrogens with zero attached hydrogens (tertiary/aromatic N) is 2. The number of hydrogen-bond acceptors (Lipinski definition) is 8. The number of carbonyl (C=O) groups is 2. The van der Waals surface area contributed by atoms with Gasteiger partial charge in [0.2, 0.25) is 0 Å². The van der Waals surface area contributed by atoms with E-state index in [1.807, 2.05) is 0 Å². The molecule has 118 valence electrons. The van der Waals surface area contributed by atoms with E-state index in [-0.39, 0.29) is 11.5 Å². The molecule has 0 amide bonds. The molecule has 1 aromatic carbocycles. The lowest BCUT2D eigenvalue weighted by atomic mass is 10.3. The van der Waals surface area contributed by atoms with Crippen molar-refractivity contribution in [1.29, 1.82) is 0 Å². The molecular weight excluding hydrogens is 316 g/mol. The van der Waals surface area contributed by atoms with Crippen LogP contribution in [0.1, 0.15) is 13.8 Å². The summed E-state index contributed by atoms with van der Waals surface area (Å²) in [6, 6.07) is 2.98. The van der Waals surface area contributed by atoms with Gasteiger partial charge in [-0.25, -0.2) is 0 Å². The third-order valence-corrected chi connectivity index (χ3v) is 3.82. The average molecular weight is 328 g/mol. The van der Waals surface area contributed by atoms with Crippen molar-refractivity contribution in [3.8, 4) is 0 Å². The van der Waals surface area contributed by atoms with Crippen LogP contribution in [0, 0.1) is 20.2 Å². The second-order valence-corrected chi connectivity index (χ2v) is 5.17.